The van der Waals surface area contributed by atoms with Crippen molar-refractivity contribution in [3.05, 3.63) is 23.8 Å². The number of nitrogens with one attached hydrogen (secondary N) is 2. The van der Waals surface area contributed by atoms with Gasteiger partial charge in [-0.3, -0.25) is 5.43 Å². The standard InChI is InChI=1S/C16H23N3O2S/c1-11-5-3-4-6-13(11)18-16(22)19-17-10-12-7-8-15(21-2)14(20)9-12/h7-11,13,20H,3-6H2,1-2H3,(H2,18,19,22)/b17-10-/t11-,13-/m0/s1. The average Bonchev–Trinajstić information content (AvgIpc) is 2.50. The highest BCUT2D eigenvalue weighted by atomic mass is 32.1. The molecule has 2 rings (SSSR count). The minimum atomic E-state index is 0.0863. The van der Waals surface area contributed by atoms with E-state index in [-0.39, 0.29) is 5.75 Å². The first kappa shape index (κ1) is 16.5. The van der Waals surface area contributed by atoms with Crippen LogP contribution in [-0.2, 0) is 0 Å². The second-order valence-electron chi connectivity index (χ2n) is 5.64. The summed E-state index contributed by atoms with van der Waals surface area (Å²) in [5.41, 5.74) is 3.59. The van der Waals surface area contributed by atoms with Crippen LogP contribution in [-0.4, -0.2) is 29.6 Å². The average molecular weight is 321 g/mol. The van der Waals surface area contributed by atoms with Gasteiger partial charge in [-0.15, -0.1) is 0 Å². The fourth-order valence-electron chi connectivity index (χ4n) is 2.68. The largest absolute Gasteiger partial charge is 0.504 e. The third kappa shape index (κ3) is 4.59. The third-order valence-electron chi connectivity index (χ3n) is 4.01. The van der Waals surface area contributed by atoms with Crippen molar-refractivity contribution in [2.75, 3.05) is 7.11 Å². The Hall–Kier alpha value is -1.82. The lowest BCUT2D eigenvalue weighted by molar-refractivity contribution is 0.308. The van der Waals surface area contributed by atoms with Crippen LogP contribution >= 0.6 is 12.2 Å². The number of ether oxygens (including phenoxy) is 1. The second-order valence-corrected chi connectivity index (χ2v) is 6.05. The Morgan fingerprint density at radius 1 is 1.41 bits per heavy atom. The number of benzene rings is 1. The lowest BCUT2D eigenvalue weighted by Gasteiger charge is -2.30. The van der Waals surface area contributed by atoms with Crippen molar-refractivity contribution in [3.63, 3.8) is 0 Å². The number of hydrazone groups is 1. The number of thiocarbonyl (C=S) groups is 1. The van der Waals surface area contributed by atoms with Gasteiger partial charge in [0.05, 0.1) is 13.3 Å². The number of methoxy groups -OCH3 is 1. The fourth-order valence-corrected chi connectivity index (χ4v) is 2.89. The van der Waals surface area contributed by atoms with E-state index in [9.17, 15) is 5.11 Å². The predicted molar refractivity (Wildman–Crippen MR) is 92.5 cm³/mol. The van der Waals surface area contributed by atoms with E-state index in [1.54, 1.807) is 18.3 Å². The molecule has 0 amide bonds. The molecule has 0 saturated heterocycles. The van der Waals surface area contributed by atoms with E-state index < -0.39 is 0 Å². The summed E-state index contributed by atoms with van der Waals surface area (Å²) in [5, 5.41) is 17.7. The number of aromatic hydroxyl groups is 1. The maximum Gasteiger partial charge on any atom is 0.187 e. The molecule has 1 fully saturated rings. The lowest BCUT2D eigenvalue weighted by Crippen LogP contribution is -2.44. The maximum atomic E-state index is 9.70. The molecule has 1 aromatic carbocycles. The molecule has 1 saturated carbocycles. The van der Waals surface area contributed by atoms with Crippen LogP contribution in [0.4, 0.5) is 0 Å². The van der Waals surface area contributed by atoms with Crippen LogP contribution in [0.2, 0.25) is 0 Å². The summed E-state index contributed by atoms with van der Waals surface area (Å²) in [7, 11) is 1.51. The maximum absolute atomic E-state index is 9.70. The highest BCUT2D eigenvalue weighted by Gasteiger charge is 2.21. The summed E-state index contributed by atoms with van der Waals surface area (Å²) in [4.78, 5) is 0. The smallest absolute Gasteiger partial charge is 0.187 e. The summed E-state index contributed by atoms with van der Waals surface area (Å²) in [6, 6.07) is 5.51. The van der Waals surface area contributed by atoms with E-state index in [2.05, 4.69) is 22.8 Å². The normalized spacial score (nSPS) is 21.5. The summed E-state index contributed by atoms with van der Waals surface area (Å²) in [6.07, 6.45) is 6.56. The van der Waals surface area contributed by atoms with E-state index in [0.29, 0.717) is 22.8 Å². The Morgan fingerprint density at radius 3 is 2.86 bits per heavy atom. The molecular weight excluding hydrogens is 298 g/mol. The van der Waals surface area contributed by atoms with Gasteiger partial charge in [0, 0.05) is 6.04 Å². The summed E-state index contributed by atoms with van der Waals surface area (Å²) >= 11 is 5.26. The Balaban J connectivity index is 1.83. The molecule has 2 atom stereocenters. The van der Waals surface area contributed by atoms with Crippen LogP contribution in [0, 0.1) is 5.92 Å². The molecule has 1 aromatic rings. The molecule has 6 heteroatoms. The number of rotatable bonds is 4. The number of phenols is 1. The van der Waals surface area contributed by atoms with Crippen molar-refractivity contribution in [2.45, 2.75) is 38.6 Å². The van der Waals surface area contributed by atoms with E-state index >= 15 is 0 Å². The van der Waals surface area contributed by atoms with Crippen LogP contribution in [0.15, 0.2) is 23.3 Å². The Morgan fingerprint density at radius 2 is 2.18 bits per heavy atom. The molecule has 0 aromatic heterocycles. The third-order valence-corrected chi connectivity index (χ3v) is 4.22. The molecule has 1 aliphatic rings. The van der Waals surface area contributed by atoms with Gasteiger partial charge in [-0.1, -0.05) is 19.8 Å². The zero-order valence-corrected chi connectivity index (χ0v) is 13.8. The van der Waals surface area contributed by atoms with Crippen molar-refractivity contribution in [1.82, 2.24) is 10.7 Å². The molecule has 120 valence electrons. The topological polar surface area (TPSA) is 65.9 Å². The van der Waals surface area contributed by atoms with E-state index in [0.717, 1.165) is 12.0 Å². The summed E-state index contributed by atoms with van der Waals surface area (Å²) < 4.78 is 5.00. The fraction of sp³-hybridized carbons (Fsp3) is 0.500. The minimum Gasteiger partial charge on any atom is -0.504 e. The molecule has 0 heterocycles. The van der Waals surface area contributed by atoms with Gasteiger partial charge in [-0.05, 0) is 54.7 Å². The Labute approximate surface area is 136 Å². The van der Waals surface area contributed by atoms with Crippen LogP contribution in [0.25, 0.3) is 0 Å². The number of hydrogen-bond donors (Lipinski definition) is 3. The number of phenolic OH excluding ortho intramolecular Hbond substituents is 1. The van der Waals surface area contributed by atoms with E-state index in [1.165, 1.54) is 26.4 Å². The van der Waals surface area contributed by atoms with Crippen LogP contribution in [0.3, 0.4) is 0 Å². The quantitative estimate of drug-likeness (QED) is 0.452. The van der Waals surface area contributed by atoms with Gasteiger partial charge in [-0.25, -0.2) is 0 Å². The highest BCUT2D eigenvalue weighted by molar-refractivity contribution is 7.80. The van der Waals surface area contributed by atoms with Crippen molar-refractivity contribution < 1.29 is 9.84 Å². The molecule has 0 radical (unpaired) electrons. The zero-order valence-electron chi connectivity index (χ0n) is 13.0. The monoisotopic (exact) mass is 321 g/mol. The number of nitrogens with zero attached hydrogens (tertiary/aromatic N) is 1. The van der Waals surface area contributed by atoms with Crippen LogP contribution in [0.1, 0.15) is 38.2 Å². The highest BCUT2D eigenvalue weighted by Crippen LogP contribution is 2.25. The molecule has 0 bridgehead atoms. The first-order chi connectivity index (χ1) is 10.6. The molecule has 1 aliphatic carbocycles. The van der Waals surface area contributed by atoms with Gasteiger partial charge in [0.1, 0.15) is 0 Å². The molecule has 0 spiro atoms. The number of hydrogen-bond acceptors (Lipinski definition) is 4. The molecule has 3 N–H and O–H groups in total. The van der Waals surface area contributed by atoms with Crippen molar-refractivity contribution in [3.8, 4) is 11.5 Å². The minimum absolute atomic E-state index is 0.0863. The first-order valence-electron chi connectivity index (χ1n) is 7.56. The Bertz CT molecular complexity index is 548. The van der Waals surface area contributed by atoms with E-state index in [1.807, 2.05) is 6.07 Å². The Kier molecular flexibility index (Phi) is 6.00. The van der Waals surface area contributed by atoms with Crippen LogP contribution < -0.4 is 15.5 Å². The van der Waals surface area contributed by atoms with Crippen molar-refractivity contribution in [2.24, 2.45) is 11.0 Å². The van der Waals surface area contributed by atoms with Gasteiger partial charge < -0.3 is 15.2 Å². The summed E-state index contributed by atoms with van der Waals surface area (Å²) in [5.74, 6) is 1.16. The SMILES string of the molecule is COc1ccc(/C=N\NC(=S)N[C@H]2CCCC[C@@H]2C)cc1O. The van der Waals surface area contributed by atoms with Gasteiger partial charge in [0.15, 0.2) is 16.6 Å². The molecule has 0 aliphatic heterocycles. The van der Waals surface area contributed by atoms with Gasteiger partial charge in [0.2, 0.25) is 0 Å². The van der Waals surface area contributed by atoms with Crippen molar-refractivity contribution in [1.29, 1.82) is 0 Å². The van der Waals surface area contributed by atoms with Gasteiger partial charge in [-0.2, -0.15) is 5.10 Å². The first-order valence-corrected chi connectivity index (χ1v) is 7.97. The molecule has 5 nitrogen and oxygen atoms in total. The van der Waals surface area contributed by atoms with E-state index in [4.69, 9.17) is 17.0 Å². The van der Waals surface area contributed by atoms with Gasteiger partial charge >= 0.3 is 0 Å². The van der Waals surface area contributed by atoms with Crippen molar-refractivity contribution >= 4 is 23.5 Å². The lowest BCUT2D eigenvalue weighted by atomic mass is 9.86. The van der Waals surface area contributed by atoms with Crippen LogP contribution in [0.5, 0.6) is 11.5 Å². The molecule has 0 unspecified atom stereocenters. The second kappa shape index (κ2) is 7.98. The summed E-state index contributed by atoms with van der Waals surface area (Å²) in [6.45, 7) is 2.25. The predicted octanol–water partition coefficient (Wildman–Crippen LogP) is 2.78. The zero-order chi connectivity index (χ0) is 15.9. The molecular formula is C16H23N3O2S. The van der Waals surface area contributed by atoms with Gasteiger partial charge in [0.25, 0.3) is 0 Å². The molecule has 22 heavy (non-hydrogen) atoms.